The Morgan fingerprint density at radius 3 is 3.05 bits per heavy atom. The maximum Gasteiger partial charge on any atom is 0.273 e. The van der Waals surface area contributed by atoms with Crippen LogP contribution >= 0.6 is 11.3 Å². The number of ether oxygens (including phenoxy) is 1. The molecule has 3 aromatic rings. The number of thiazole rings is 1. The van der Waals surface area contributed by atoms with Gasteiger partial charge in [-0.3, -0.25) is 19.3 Å². The van der Waals surface area contributed by atoms with Gasteiger partial charge < -0.3 is 4.74 Å². The SMILES string of the molecule is O=c1cc(COc2cccc([N+](=O)[O-])c2)nc2sccn12. The van der Waals surface area contributed by atoms with Gasteiger partial charge in [0.25, 0.3) is 11.2 Å². The highest BCUT2D eigenvalue weighted by Gasteiger charge is 2.08. The van der Waals surface area contributed by atoms with Gasteiger partial charge in [-0.05, 0) is 6.07 Å². The first kappa shape index (κ1) is 13.3. The average Bonchev–Trinajstić information content (AvgIpc) is 2.94. The molecule has 0 fully saturated rings. The lowest BCUT2D eigenvalue weighted by molar-refractivity contribution is -0.384. The smallest absolute Gasteiger partial charge is 0.273 e. The molecular weight excluding hydrogens is 294 g/mol. The maximum absolute atomic E-state index is 11.8. The highest BCUT2D eigenvalue weighted by Crippen LogP contribution is 2.20. The number of benzene rings is 1. The molecule has 0 saturated heterocycles. The van der Waals surface area contributed by atoms with E-state index in [-0.39, 0.29) is 17.9 Å². The van der Waals surface area contributed by atoms with E-state index >= 15 is 0 Å². The molecule has 8 heteroatoms. The van der Waals surface area contributed by atoms with Crippen LogP contribution in [0.3, 0.4) is 0 Å². The number of nitro benzene ring substituents is 1. The van der Waals surface area contributed by atoms with Crippen LogP contribution in [0, 0.1) is 10.1 Å². The summed E-state index contributed by atoms with van der Waals surface area (Å²) in [5.41, 5.74) is 0.252. The van der Waals surface area contributed by atoms with Crippen LogP contribution in [0.1, 0.15) is 5.69 Å². The molecule has 0 N–H and O–H groups in total. The summed E-state index contributed by atoms with van der Waals surface area (Å²) >= 11 is 1.35. The largest absolute Gasteiger partial charge is 0.487 e. The Morgan fingerprint density at radius 1 is 1.38 bits per heavy atom. The standard InChI is InChI=1S/C13H9N3O4S/c17-12-6-9(14-13-15(12)4-5-21-13)8-20-11-3-1-2-10(7-11)16(18)19/h1-7H,8H2. The van der Waals surface area contributed by atoms with E-state index in [4.69, 9.17) is 4.74 Å². The Balaban J connectivity index is 1.81. The number of hydrogen-bond donors (Lipinski definition) is 0. The summed E-state index contributed by atoms with van der Waals surface area (Å²) in [5.74, 6) is 0.359. The van der Waals surface area contributed by atoms with Crippen molar-refractivity contribution in [1.82, 2.24) is 9.38 Å². The molecule has 0 radical (unpaired) electrons. The minimum absolute atomic E-state index is 0.0470. The number of hydrogen-bond acceptors (Lipinski definition) is 6. The second kappa shape index (κ2) is 5.33. The van der Waals surface area contributed by atoms with Crippen LogP contribution in [0.2, 0.25) is 0 Å². The molecule has 0 spiro atoms. The van der Waals surface area contributed by atoms with Crippen molar-refractivity contribution in [2.45, 2.75) is 6.61 Å². The Labute approximate surface area is 122 Å². The average molecular weight is 303 g/mol. The van der Waals surface area contributed by atoms with Crippen LogP contribution in [-0.4, -0.2) is 14.3 Å². The quantitative estimate of drug-likeness (QED) is 0.545. The zero-order valence-electron chi connectivity index (χ0n) is 10.6. The Bertz CT molecular complexity index is 871. The Morgan fingerprint density at radius 2 is 2.24 bits per heavy atom. The summed E-state index contributed by atoms with van der Waals surface area (Å²) in [6.45, 7) is 0.0742. The van der Waals surface area contributed by atoms with E-state index in [2.05, 4.69) is 4.98 Å². The van der Waals surface area contributed by atoms with Crippen molar-refractivity contribution < 1.29 is 9.66 Å². The second-order valence-electron chi connectivity index (χ2n) is 4.18. The topological polar surface area (TPSA) is 86.7 Å². The van der Waals surface area contributed by atoms with Gasteiger partial charge in [-0.2, -0.15) is 0 Å². The predicted octanol–water partition coefficient (Wildman–Crippen LogP) is 2.24. The molecule has 2 heterocycles. The molecule has 1 aromatic carbocycles. The number of aromatic nitrogens is 2. The number of rotatable bonds is 4. The molecule has 0 aliphatic heterocycles. The first-order valence-electron chi connectivity index (χ1n) is 5.96. The third-order valence-electron chi connectivity index (χ3n) is 2.77. The van der Waals surface area contributed by atoms with Crippen LogP contribution in [0.25, 0.3) is 4.96 Å². The molecule has 0 amide bonds. The summed E-state index contributed by atoms with van der Waals surface area (Å²) in [6.07, 6.45) is 1.65. The molecule has 0 aliphatic carbocycles. The minimum atomic E-state index is -0.491. The zero-order chi connectivity index (χ0) is 14.8. The third-order valence-corrected chi connectivity index (χ3v) is 3.53. The van der Waals surface area contributed by atoms with E-state index < -0.39 is 4.92 Å². The third kappa shape index (κ3) is 2.75. The Kier molecular flexibility index (Phi) is 3.36. The van der Waals surface area contributed by atoms with Crippen LogP contribution in [0.4, 0.5) is 5.69 Å². The second-order valence-corrected chi connectivity index (χ2v) is 5.06. The van der Waals surface area contributed by atoms with E-state index in [1.165, 1.54) is 40.0 Å². The molecule has 0 aliphatic rings. The van der Waals surface area contributed by atoms with Gasteiger partial charge in [-0.15, -0.1) is 11.3 Å². The van der Waals surface area contributed by atoms with Crippen molar-refractivity contribution in [1.29, 1.82) is 0 Å². The molecule has 2 aromatic heterocycles. The minimum Gasteiger partial charge on any atom is -0.487 e. The van der Waals surface area contributed by atoms with Crippen molar-refractivity contribution in [2.75, 3.05) is 0 Å². The molecule has 3 rings (SSSR count). The highest BCUT2D eigenvalue weighted by atomic mass is 32.1. The van der Waals surface area contributed by atoms with Gasteiger partial charge in [0.05, 0.1) is 16.7 Å². The van der Waals surface area contributed by atoms with E-state index in [1.54, 1.807) is 17.6 Å². The summed E-state index contributed by atoms with van der Waals surface area (Å²) in [7, 11) is 0. The van der Waals surface area contributed by atoms with Gasteiger partial charge in [0.2, 0.25) is 0 Å². The van der Waals surface area contributed by atoms with E-state index in [0.29, 0.717) is 16.4 Å². The monoisotopic (exact) mass is 303 g/mol. The van der Waals surface area contributed by atoms with Crippen LogP contribution in [0.5, 0.6) is 5.75 Å². The van der Waals surface area contributed by atoms with Crippen LogP contribution in [-0.2, 0) is 6.61 Å². The number of nitro groups is 1. The van der Waals surface area contributed by atoms with Gasteiger partial charge in [0.1, 0.15) is 12.4 Å². The number of nitrogens with zero attached hydrogens (tertiary/aromatic N) is 3. The molecule has 106 valence electrons. The summed E-state index contributed by atoms with van der Waals surface area (Å²) in [4.78, 5) is 26.9. The fourth-order valence-electron chi connectivity index (χ4n) is 1.81. The molecule has 21 heavy (non-hydrogen) atoms. The van der Waals surface area contributed by atoms with Gasteiger partial charge in [0.15, 0.2) is 4.96 Å². The molecule has 0 unspecified atom stereocenters. The molecule has 0 atom stereocenters. The first-order chi connectivity index (χ1) is 10.1. The maximum atomic E-state index is 11.8. The van der Waals surface area contributed by atoms with Crippen LogP contribution in [0.15, 0.2) is 46.7 Å². The van der Waals surface area contributed by atoms with Crippen molar-refractivity contribution in [3.05, 3.63) is 68.1 Å². The van der Waals surface area contributed by atoms with E-state index in [1.807, 2.05) is 0 Å². The highest BCUT2D eigenvalue weighted by molar-refractivity contribution is 7.15. The van der Waals surface area contributed by atoms with Crippen molar-refractivity contribution >= 4 is 22.0 Å². The van der Waals surface area contributed by atoms with Crippen molar-refractivity contribution in [3.8, 4) is 5.75 Å². The number of fused-ring (bicyclic) bond motifs is 1. The summed E-state index contributed by atoms with van der Waals surface area (Å²) < 4.78 is 6.90. The molecule has 7 nitrogen and oxygen atoms in total. The molecule has 0 saturated carbocycles. The zero-order valence-corrected chi connectivity index (χ0v) is 11.4. The van der Waals surface area contributed by atoms with E-state index in [0.717, 1.165) is 0 Å². The Hall–Kier alpha value is -2.74. The lowest BCUT2D eigenvalue weighted by atomic mass is 10.3. The molecular formula is C13H9N3O4S. The lowest BCUT2D eigenvalue weighted by Crippen LogP contribution is -2.14. The predicted molar refractivity (Wildman–Crippen MR) is 76.8 cm³/mol. The van der Waals surface area contributed by atoms with Crippen LogP contribution < -0.4 is 10.3 Å². The molecule has 0 bridgehead atoms. The van der Waals surface area contributed by atoms with Gasteiger partial charge in [0, 0.05) is 23.7 Å². The number of non-ortho nitro benzene ring substituents is 1. The fourth-order valence-corrected chi connectivity index (χ4v) is 2.54. The van der Waals surface area contributed by atoms with Gasteiger partial charge in [-0.25, -0.2) is 4.98 Å². The van der Waals surface area contributed by atoms with Crippen molar-refractivity contribution in [3.63, 3.8) is 0 Å². The first-order valence-corrected chi connectivity index (χ1v) is 6.84. The normalized spacial score (nSPS) is 10.7. The lowest BCUT2D eigenvalue weighted by Gasteiger charge is -2.05. The van der Waals surface area contributed by atoms with Crippen molar-refractivity contribution in [2.24, 2.45) is 0 Å². The van der Waals surface area contributed by atoms with Gasteiger partial charge >= 0.3 is 0 Å². The van der Waals surface area contributed by atoms with E-state index in [9.17, 15) is 14.9 Å². The fraction of sp³-hybridized carbons (Fsp3) is 0.0769. The summed E-state index contributed by atoms with van der Waals surface area (Å²) in [5, 5.41) is 12.5. The summed E-state index contributed by atoms with van der Waals surface area (Å²) in [6, 6.07) is 7.25. The van der Waals surface area contributed by atoms with Gasteiger partial charge in [-0.1, -0.05) is 6.07 Å².